The van der Waals surface area contributed by atoms with Gasteiger partial charge in [-0.15, -0.1) is 0 Å². The van der Waals surface area contributed by atoms with E-state index < -0.39 is 5.97 Å². The van der Waals surface area contributed by atoms with Gasteiger partial charge in [0.2, 0.25) is 0 Å². The van der Waals surface area contributed by atoms with Crippen LogP contribution in [0.3, 0.4) is 0 Å². The van der Waals surface area contributed by atoms with E-state index in [1.165, 1.54) is 10.8 Å². The zero-order chi connectivity index (χ0) is 11.5. The first-order valence-corrected chi connectivity index (χ1v) is 6.73. The van der Waals surface area contributed by atoms with E-state index in [4.69, 9.17) is 5.11 Å². The fourth-order valence-electron chi connectivity index (χ4n) is 0.886. The van der Waals surface area contributed by atoms with Gasteiger partial charge in [0.15, 0.2) is 0 Å². The molecular formula is C11H14O2S2. The van der Waals surface area contributed by atoms with Crippen molar-refractivity contribution in [2.45, 2.75) is 30.4 Å². The summed E-state index contributed by atoms with van der Waals surface area (Å²) in [5.74, 6) is -0.868. The summed E-state index contributed by atoms with van der Waals surface area (Å²) in [4.78, 5) is 11.7. The summed E-state index contributed by atoms with van der Waals surface area (Å²) in [7, 11) is 3.19. The monoisotopic (exact) mass is 242 g/mol. The predicted octanol–water partition coefficient (Wildman–Crippen LogP) is 3.92. The van der Waals surface area contributed by atoms with Gasteiger partial charge in [0.05, 0.1) is 5.56 Å². The predicted molar refractivity (Wildman–Crippen MR) is 66.6 cm³/mol. The van der Waals surface area contributed by atoms with Gasteiger partial charge < -0.3 is 5.11 Å². The summed E-state index contributed by atoms with van der Waals surface area (Å²) < 4.78 is 0.121. The molecule has 0 aliphatic carbocycles. The Morgan fingerprint density at radius 3 is 2.40 bits per heavy atom. The normalized spacial score (nSPS) is 11.4. The van der Waals surface area contributed by atoms with Gasteiger partial charge in [-0.2, -0.15) is 0 Å². The average Bonchev–Trinajstić information content (AvgIpc) is 2.14. The van der Waals surface area contributed by atoms with Crippen LogP contribution in [-0.2, 0) is 0 Å². The maximum atomic E-state index is 10.9. The molecule has 0 amide bonds. The third-order valence-corrected chi connectivity index (χ3v) is 4.91. The number of carboxylic acid groups (broad SMARTS) is 1. The number of aromatic carboxylic acids is 1. The lowest BCUT2D eigenvalue weighted by Gasteiger charge is -2.16. The Morgan fingerprint density at radius 2 is 1.87 bits per heavy atom. The molecule has 82 valence electrons. The Labute approximate surface area is 97.9 Å². The molecule has 1 aromatic carbocycles. The Kier molecular flexibility index (Phi) is 4.11. The van der Waals surface area contributed by atoms with Crippen LogP contribution in [0.2, 0.25) is 0 Å². The molecule has 1 N–H and O–H groups in total. The number of hydrogen-bond donors (Lipinski definition) is 1. The quantitative estimate of drug-likeness (QED) is 0.815. The third-order valence-electron chi connectivity index (χ3n) is 1.50. The van der Waals surface area contributed by atoms with Crippen LogP contribution >= 0.6 is 21.6 Å². The van der Waals surface area contributed by atoms with Crippen molar-refractivity contribution in [2.24, 2.45) is 0 Å². The summed E-state index contributed by atoms with van der Waals surface area (Å²) in [6.07, 6.45) is 0. The maximum Gasteiger partial charge on any atom is 0.336 e. The van der Waals surface area contributed by atoms with Crippen LogP contribution in [0.4, 0.5) is 0 Å². The Balaban J connectivity index is 2.81. The molecule has 0 bridgehead atoms. The summed E-state index contributed by atoms with van der Waals surface area (Å²) in [5, 5.41) is 8.97. The molecule has 0 aromatic heterocycles. The van der Waals surface area contributed by atoms with Crippen molar-refractivity contribution >= 4 is 27.6 Å². The zero-order valence-corrected chi connectivity index (χ0v) is 10.6. The molecule has 0 aliphatic heterocycles. The second kappa shape index (κ2) is 4.94. The van der Waals surface area contributed by atoms with Crippen molar-refractivity contribution in [1.82, 2.24) is 0 Å². The van der Waals surface area contributed by atoms with Crippen molar-refractivity contribution in [3.05, 3.63) is 29.8 Å². The first-order chi connectivity index (χ1) is 6.90. The molecule has 0 saturated heterocycles. The molecule has 2 nitrogen and oxygen atoms in total. The highest BCUT2D eigenvalue weighted by atomic mass is 33.1. The molecule has 0 spiro atoms. The number of carbonyl (C=O) groups is 1. The van der Waals surface area contributed by atoms with Gasteiger partial charge in [-0.25, -0.2) is 4.79 Å². The van der Waals surface area contributed by atoms with E-state index >= 15 is 0 Å². The molecule has 4 heteroatoms. The molecule has 1 aromatic rings. The van der Waals surface area contributed by atoms with E-state index in [9.17, 15) is 4.79 Å². The Morgan fingerprint density at radius 1 is 1.27 bits per heavy atom. The third kappa shape index (κ3) is 4.18. The lowest BCUT2D eigenvalue weighted by molar-refractivity contribution is 0.0693. The number of hydrogen-bond acceptors (Lipinski definition) is 3. The van der Waals surface area contributed by atoms with Crippen LogP contribution in [0.25, 0.3) is 0 Å². The molecule has 0 radical (unpaired) electrons. The maximum absolute atomic E-state index is 10.9. The lowest BCUT2D eigenvalue weighted by Crippen LogP contribution is -2.05. The van der Waals surface area contributed by atoms with E-state index in [2.05, 4.69) is 20.8 Å². The zero-order valence-electron chi connectivity index (χ0n) is 8.98. The number of rotatable bonds is 3. The van der Waals surface area contributed by atoms with Gasteiger partial charge in [0, 0.05) is 9.64 Å². The summed E-state index contributed by atoms with van der Waals surface area (Å²) >= 11 is 0. The average molecular weight is 242 g/mol. The fraction of sp³-hybridized carbons (Fsp3) is 0.364. The highest BCUT2D eigenvalue weighted by molar-refractivity contribution is 8.77. The minimum Gasteiger partial charge on any atom is -0.478 e. The minimum absolute atomic E-state index is 0.121. The summed E-state index contributed by atoms with van der Waals surface area (Å²) in [5.41, 5.74) is 0.374. The van der Waals surface area contributed by atoms with Crippen molar-refractivity contribution in [2.75, 3.05) is 0 Å². The molecule has 1 rings (SSSR count). The molecule has 0 heterocycles. The number of carboxylic acids is 1. The van der Waals surface area contributed by atoms with Crippen molar-refractivity contribution < 1.29 is 9.90 Å². The smallest absolute Gasteiger partial charge is 0.336 e. The molecule has 0 atom stereocenters. The second-order valence-electron chi connectivity index (χ2n) is 4.08. The van der Waals surface area contributed by atoms with E-state index in [0.717, 1.165) is 4.90 Å². The van der Waals surface area contributed by atoms with Crippen LogP contribution in [0, 0.1) is 0 Å². The van der Waals surface area contributed by atoms with Crippen LogP contribution in [0.5, 0.6) is 0 Å². The SMILES string of the molecule is CC(C)(C)SSc1ccccc1C(=O)O. The van der Waals surface area contributed by atoms with Gasteiger partial charge in [0.1, 0.15) is 0 Å². The fourth-order valence-corrected chi connectivity index (χ4v) is 3.06. The minimum atomic E-state index is -0.868. The van der Waals surface area contributed by atoms with E-state index in [1.807, 2.05) is 12.1 Å². The second-order valence-corrected chi connectivity index (χ2v) is 7.08. The van der Waals surface area contributed by atoms with Gasteiger partial charge in [-0.3, -0.25) is 0 Å². The standard InChI is InChI=1S/C11H14O2S2/c1-11(2,3)15-14-9-7-5-4-6-8(9)10(12)13/h4-7H,1-3H3,(H,12,13). The highest BCUT2D eigenvalue weighted by Crippen LogP contribution is 2.41. The van der Waals surface area contributed by atoms with Crippen molar-refractivity contribution in [1.29, 1.82) is 0 Å². The summed E-state index contributed by atoms with van der Waals surface area (Å²) in [6.45, 7) is 6.32. The van der Waals surface area contributed by atoms with Crippen LogP contribution in [-0.4, -0.2) is 15.8 Å². The van der Waals surface area contributed by atoms with Gasteiger partial charge >= 0.3 is 5.97 Å². The number of benzene rings is 1. The molecule has 0 unspecified atom stereocenters. The van der Waals surface area contributed by atoms with Gasteiger partial charge in [-0.05, 0) is 12.1 Å². The summed E-state index contributed by atoms with van der Waals surface area (Å²) in [6, 6.07) is 7.08. The van der Waals surface area contributed by atoms with E-state index in [1.54, 1.807) is 22.9 Å². The largest absolute Gasteiger partial charge is 0.478 e. The first kappa shape index (κ1) is 12.5. The van der Waals surface area contributed by atoms with E-state index in [-0.39, 0.29) is 4.75 Å². The molecule has 15 heavy (non-hydrogen) atoms. The highest BCUT2D eigenvalue weighted by Gasteiger charge is 2.15. The first-order valence-electron chi connectivity index (χ1n) is 4.58. The molecular weight excluding hydrogens is 228 g/mol. The molecule has 0 saturated carbocycles. The van der Waals surface area contributed by atoms with Crippen molar-refractivity contribution in [3.63, 3.8) is 0 Å². The van der Waals surface area contributed by atoms with Crippen molar-refractivity contribution in [3.8, 4) is 0 Å². The van der Waals surface area contributed by atoms with Crippen LogP contribution in [0.1, 0.15) is 31.1 Å². The Bertz CT molecular complexity index is 356. The van der Waals surface area contributed by atoms with Crippen LogP contribution < -0.4 is 0 Å². The van der Waals surface area contributed by atoms with Gasteiger partial charge in [-0.1, -0.05) is 54.5 Å². The van der Waals surface area contributed by atoms with E-state index in [0.29, 0.717) is 5.56 Å². The lowest BCUT2D eigenvalue weighted by atomic mass is 10.2. The topological polar surface area (TPSA) is 37.3 Å². The molecule has 0 fully saturated rings. The van der Waals surface area contributed by atoms with Gasteiger partial charge in [0.25, 0.3) is 0 Å². The van der Waals surface area contributed by atoms with Crippen LogP contribution in [0.15, 0.2) is 29.2 Å². The Hall–Kier alpha value is -0.610. The molecule has 0 aliphatic rings.